The molecule has 0 aromatic heterocycles. The monoisotopic (exact) mass is 341 g/mol. The highest BCUT2D eigenvalue weighted by atomic mass is 16.6. The Kier molecular flexibility index (Phi) is 6.22. The first-order valence-electron chi connectivity index (χ1n) is 7.75. The van der Waals surface area contributed by atoms with E-state index in [4.69, 9.17) is 4.84 Å². The molecule has 0 aliphatic carbocycles. The Morgan fingerprint density at radius 1 is 1.28 bits per heavy atom. The molecule has 0 aliphatic rings. The van der Waals surface area contributed by atoms with Gasteiger partial charge in [-0.05, 0) is 23.6 Å². The minimum Gasteiger partial charge on any atom is -0.386 e. The SMILES string of the molecule is CC(C)c1ccc(NC(=O)CO/N=C\c2cccc([N+](=O)[O-])c2)cc1. The minimum atomic E-state index is -0.490. The number of amides is 1. The number of hydrogen-bond acceptors (Lipinski definition) is 5. The van der Waals surface area contributed by atoms with Gasteiger partial charge in [0.2, 0.25) is 0 Å². The van der Waals surface area contributed by atoms with Gasteiger partial charge in [-0.25, -0.2) is 0 Å². The Morgan fingerprint density at radius 2 is 2.00 bits per heavy atom. The molecule has 0 fully saturated rings. The zero-order valence-corrected chi connectivity index (χ0v) is 14.0. The average molecular weight is 341 g/mol. The first kappa shape index (κ1) is 18.1. The second kappa shape index (κ2) is 8.58. The molecule has 2 aromatic rings. The smallest absolute Gasteiger partial charge is 0.270 e. The van der Waals surface area contributed by atoms with Crippen LogP contribution < -0.4 is 5.32 Å². The molecule has 0 radical (unpaired) electrons. The molecule has 0 spiro atoms. The van der Waals surface area contributed by atoms with Crippen LogP contribution in [0.4, 0.5) is 11.4 Å². The molecular formula is C18H19N3O4. The summed E-state index contributed by atoms with van der Waals surface area (Å²) < 4.78 is 0. The van der Waals surface area contributed by atoms with Gasteiger partial charge in [0.25, 0.3) is 11.6 Å². The molecule has 1 N–H and O–H groups in total. The zero-order chi connectivity index (χ0) is 18.2. The molecule has 0 atom stereocenters. The fourth-order valence-electron chi connectivity index (χ4n) is 2.06. The predicted octanol–water partition coefficient (Wildman–Crippen LogP) is 3.71. The molecule has 2 rings (SSSR count). The van der Waals surface area contributed by atoms with Gasteiger partial charge in [-0.3, -0.25) is 14.9 Å². The summed E-state index contributed by atoms with van der Waals surface area (Å²) in [5, 5.41) is 17.0. The number of anilines is 1. The van der Waals surface area contributed by atoms with Gasteiger partial charge < -0.3 is 10.2 Å². The molecule has 0 bridgehead atoms. The van der Waals surface area contributed by atoms with Gasteiger partial charge in [-0.15, -0.1) is 0 Å². The number of nitrogens with one attached hydrogen (secondary N) is 1. The molecule has 2 aromatic carbocycles. The molecule has 0 saturated carbocycles. The first-order valence-corrected chi connectivity index (χ1v) is 7.75. The number of oxime groups is 1. The highest BCUT2D eigenvalue weighted by Gasteiger charge is 2.05. The van der Waals surface area contributed by atoms with Crippen molar-refractivity contribution in [2.75, 3.05) is 11.9 Å². The van der Waals surface area contributed by atoms with Crippen LogP contribution in [0.15, 0.2) is 53.7 Å². The second-order valence-electron chi connectivity index (χ2n) is 5.68. The van der Waals surface area contributed by atoms with E-state index in [0.29, 0.717) is 17.2 Å². The summed E-state index contributed by atoms with van der Waals surface area (Å²) in [5.41, 5.74) is 2.35. The first-order chi connectivity index (χ1) is 12.0. The minimum absolute atomic E-state index is 0.0356. The van der Waals surface area contributed by atoms with Crippen molar-refractivity contribution >= 4 is 23.5 Å². The second-order valence-corrected chi connectivity index (χ2v) is 5.68. The number of carbonyl (C=O) groups excluding carboxylic acids is 1. The summed E-state index contributed by atoms with van der Waals surface area (Å²) in [6.07, 6.45) is 1.32. The molecule has 25 heavy (non-hydrogen) atoms. The van der Waals surface area contributed by atoms with Crippen molar-refractivity contribution in [3.8, 4) is 0 Å². The molecule has 1 amide bonds. The van der Waals surface area contributed by atoms with E-state index in [1.807, 2.05) is 24.3 Å². The van der Waals surface area contributed by atoms with E-state index in [1.165, 1.54) is 23.9 Å². The molecule has 0 saturated heterocycles. The molecule has 130 valence electrons. The van der Waals surface area contributed by atoms with Crippen LogP contribution in [-0.4, -0.2) is 23.7 Å². The van der Waals surface area contributed by atoms with Gasteiger partial charge in [0.15, 0.2) is 6.61 Å². The van der Waals surface area contributed by atoms with Crippen LogP contribution in [0.3, 0.4) is 0 Å². The summed E-state index contributed by atoms with van der Waals surface area (Å²) in [7, 11) is 0. The maximum atomic E-state index is 11.8. The van der Waals surface area contributed by atoms with Gasteiger partial charge >= 0.3 is 0 Å². The van der Waals surface area contributed by atoms with Crippen LogP contribution in [0.2, 0.25) is 0 Å². The summed E-state index contributed by atoms with van der Waals surface area (Å²) in [5.74, 6) is 0.0877. The molecule has 0 heterocycles. The number of nitro benzene ring substituents is 1. The third kappa shape index (κ3) is 5.72. The largest absolute Gasteiger partial charge is 0.386 e. The van der Waals surface area contributed by atoms with Crippen molar-refractivity contribution in [2.45, 2.75) is 19.8 Å². The van der Waals surface area contributed by atoms with E-state index in [1.54, 1.807) is 12.1 Å². The van der Waals surface area contributed by atoms with E-state index in [2.05, 4.69) is 24.3 Å². The maximum Gasteiger partial charge on any atom is 0.270 e. The standard InChI is InChI=1S/C18H19N3O4/c1-13(2)15-6-8-16(9-7-15)20-18(22)12-25-19-11-14-4-3-5-17(10-14)21(23)24/h3-11,13H,12H2,1-2H3,(H,20,22)/b19-11-. The lowest BCUT2D eigenvalue weighted by molar-refractivity contribution is -0.384. The van der Waals surface area contributed by atoms with Crippen molar-refractivity contribution in [3.05, 3.63) is 69.8 Å². The number of benzene rings is 2. The third-order valence-corrected chi connectivity index (χ3v) is 3.41. The van der Waals surface area contributed by atoms with Gasteiger partial charge in [0, 0.05) is 23.4 Å². The number of nitro groups is 1. The van der Waals surface area contributed by atoms with Crippen molar-refractivity contribution in [3.63, 3.8) is 0 Å². The highest BCUT2D eigenvalue weighted by Crippen LogP contribution is 2.17. The lowest BCUT2D eigenvalue weighted by atomic mass is 10.0. The van der Waals surface area contributed by atoms with Crippen molar-refractivity contribution in [1.82, 2.24) is 0 Å². The summed E-state index contributed by atoms with van der Waals surface area (Å²) in [4.78, 5) is 26.9. The van der Waals surface area contributed by atoms with Crippen LogP contribution in [0.5, 0.6) is 0 Å². The third-order valence-electron chi connectivity index (χ3n) is 3.41. The molecule has 0 aliphatic heterocycles. The van der Waals surface area contributed by atoms with Crippen molar-refractivity contribution < 1.29 is 14.6 Å². The Labute approximate surface area is 145 Å². The lowest BCUT2D eigenvalue weighted by Crippen LogP contribution is -2.16. The van der Waals surface area contributed by atoms with Crippen molar-refractivity contribution in [1.29, 1.82) is 0 Å². The van der Waals surface area contributed by atoms with Gasteiger partial charge in [-0.1, -0.05) is 43.3 Å². The number of non-ortho nitro benzene ring substituents is 1. The summed E-state index contributed by atoms with van der Waals surface area (Å²) in [6.45, 7) is 3.94. The van der Waals surface area contributed by atoms with E-state index < -0.39 is 4.92 Å². The fraction of sp³-hybridized carbons (Fsp3) is 0.222. The van der Waals surface area contributed by atoms with E-state index in [-0.39, 0.29) is 18.2 Å². The topological polar surface area (TPSA) is 93.8 Å². The molecule has 7 heteroatoms. The highest BCUT2D eigenvalue weighted by molar-refractivity contribution is 5.91. The van der Waals surface area contributed by atoms with Crippen LogP contribution in [0, 0.1) is 10.1 Å². The summed E-state index contributed by atoms with van der Waals surface area (Å²) >= 11 is 0. The Morgan fingerprint density at radius 3 is 2.64 bits per heavy atom. The van der Waals surface area contributed by atoms with Crippen LogP contribution in [0.25, 0.3) is 0 Å². The number of rotatable bonds is 7. The zero-order valence-electron chi connectivity index (χ0n) is 14.0. The Balaban J connectivity index is 1.82. The Bertz CT molecular complexity index is 770. The van der Waals surface area contributed by atoms with Crippen LogP contribution in [-0.2, 0) is 9.63 Å². The van der Waals surface area contributed by atoms with E-state index in [0.717, 1.165) is 0 Å². The predicted molar refractivity (Wildman–Crippen MR) is 95.8 cm³/mol. The molecule has 7 nitrogen and oxygen atoms in total. The fourth-order valence-corrected chi connectivity index (χ4v) is 2.06. The van der Waals surface area contributed by atoms with Crippen LogP contribution >= 0.6 is 0 Å². The van der Waals surface area contributed by atoms with Gasteiger partial charge in [0.05, 0.1) is 11.1 Å². The number of carbonyl (C=O) groups is 1. The van der Waals surface area contributed by atoms with Crippen LogP contribution in [0.1, 0.15) is 30.9 Å². The Hall–Kier alpha value is -3.22. The van der Waals surface area contributed by atoms with Gasteiger partial charge in [0.1, 0.15) is 0 Å². The molecule has 0 unspecified atom stereocenters. The lowest BCUT2D eigenvalue weighted by Gasteiger charge is -2.08. The van der Waals surface area contributed by atoms with Gasteiger partial charge in [-0.2, -0.15) is 0 Å². The number of hydrogen-bond donors (Lipinski definition) is 1. The average Bonchev–Trinajstić information content (AvgIpc) is 2.59. The number of nitrogens with zero attached hydrogens (tertiary/aromatic N) is 2. The van der Waals surface area contributed by atoms with E-state index in [9.17, 15) is 14.9 Å². The quantitative estimate of drug-likeness (QED) is 0.472. The van der Waals surface area contributed by atoms with Crippen molar-refractivity contribution in [2.24, 2.45) is 5.16 Å². The normalized spacial score (nSPS) is 10.8. The summed E-state index contributed by atoms with van der Waals surface area (Å²) in [6, 6.07) is 13.5. The maximum absolute atomic E-state index is 11.8. The molecular weight excluding hydrogens is 322 g/mol. The van der Waals surface area contributed by atoms with E-state index >= 15 is 0 Å².